The van der Waals surface area contributed by atoms with Crippen molar-refractivity contribution in [3.05, 3.63) is 41.2 Å². The number of aryl methyl sites for hydroxylation is 1. The fourth-order valence-electron chi connectivity index (χ4n) is 2.85. The van der Waals surface area contributed by atoms with E-state index in [1.54, 1.807) is 14.0 Å². The van der Waals surface area contributed by atoms with Gasteiger partial charge in [0.1, 0.15) is 17.1 Å². The first-order valence-electron chi connectivity index (χ1n) is 7.65. The van der Waals surface area contributed by atoms with E-state index in [9.17, 15) is 4.79 Å². The van der Waals surface area contributed by atoms with Gasteiger partial charge in [0.2, 0.25) is 0 Å². The summed E-state index contributed by atoms with van der Waals surface area (Å²) in [6.45, 7) is 2.87. The molecule has 1 aliphatic rings. The smallest absolute Gasteiger partial charge is 0.318 e. The molecule has 1 unspecified atom stereocenters. The number of methoxy groups -OCH3 is 1. The second kappa shape index (κ2) is 6.68. The number of hydrogen-bond donors (Lipinski definition) is 1. The Bertz CT molecular complexity index is 668. The molecule has 1 fully saturated rings. The van der Waals surface area contributed by atoms with E-state index < -0.39 is 0 Å². The monoisotopic (exact) mass is 316 g/mol. The number of nitrogens with one attached hydrogen (secondary N) is 1. The topological polar surface area (TPSA) is 80.5 Å². The third-order valence-corrected chi connectivity index (χ3v) is 4.17. The lowest BCUT2D eigenvalue weighted by Crippen LogP contribution is -2.39. The van der Waals surface area contributed by atoms with Gasteiger partial charge in [-0.15, -0.1) is 0 Å². The molecular formula is C16H20N4O3. The number of hydrogen-bond acceptors (Lipinski definition) is 5. The highest BCUT2D eigenvalue weighted by Crippen LogP contribution is 2.32. The van der Waals surface area contributed by atoms with Crippen molar-refractivity contribution in [1.82, 2.24) is 20.5 Å². The third kappa shape index (κ3) is 3.28. The number of amides is 2. The standard InChI is InChI=1S/C16H20N4O3/c1-11-14(19-23-18-11)10-17-16(21)20-9-3-4-15(20)12-5-7-13(22-2)8-6-12/h5-8,15H,3-4,9-10H2,1-2H3,(H,17,21). The van der Waals surface area contributed by atoms with Crippen molar-refractivity contribution in [3.8, 4) is 5.75 Å². The predicted octanol–water partition coefficient (Wildman–Crippen LogP) is 2.43. The molecular weight excluding hydrogens is 296 g/mol. The van der Waals surface area contributed by atoms with Gasteiger partial charge < -0.3 is 15.0 Å². The quantitative estimate of drug-likeness (QED) is 0.937. The number of likely N-dealkylation sites (tertiary alicyclic amines) is 1. The molecule has 2 aromatic rings. The number of carbonyl (C=O) groups is 1. The summed E-state index contributed by atoms with van der Waals surface area (Å²) < 4.78 is 9.82. The Morgan fingerprint density at radius 2 is 2.17 bits per heavy atom. The number of urea groups is 1. The van der Waals surface area contributed by atoms with Gasteiger partial charge in [-0.2, -0.15) is 0 Å². The molecule has 0 saturated carbocycles. The molecule has 2 heterocycles. The maximum absolute atomic E-state index is 12.5. The molecule has 0 spiro atoms. The summed E-state index contributed by atoms with van der Waals surface area (Å²) in [5.74, 6) is 0.816. The van der Waals surface area contributed by atoms with Gasteiger partial charge in [0, 0.05) is 6.54 Å². The van der Waals surface area contributed by atoms with Crippen molar-refractivity contribution < 1.29 is 14.2 Å². The van der Waals surface area contributed by atoms with Crippen molar-refractivity contribution in [2.45, 2.75) is 32.4 Å². The molecule has 122 valence electrons. The van der Waals surface area contributed by atoms with Gasteiger partial charge in [0.05, 0.1) is 19.7 Å². The van der Waals surface area contributed by atoms with Crippen molar-refractivity contribution in [1.29, 1.82) is 0 Å². The van der Waals surface area contributed by atoms with Crippen molar-refractivity contribution in [2.24, 2.45) is 0 Å². The van der Waals surface area contributed by atoms with Crippen molar-refractivity contribution >= 4 is 6.03 Å². The van der Waals surface area contributed by atoms with Gasteiger partial charge in [-0.05, 0) is 37.5 Å². The molecule has 1 aromatic heterocycles. The van der Waals surface area contributed by atoms with E-state index in [0.29, 0.717) is 17.9 Å². The van der Waals surface area contributed by atoms with Crippen LogP contribution in [-0.4, -0.2) is 34.9 Å². The molecule has 0 radical (unpaired) electrons. The Hall–Kier alpha value is -2.57. The van der Waals surface area contributed by atoms with E-state index in [0.717, 1.165) is 30.7 Å². The number of nitrogens with zero attached hydrogens (tertiary/aromatic N) is 3. The number of aromatic nitrogens is 2. The van der Waals surface area contributed by atoms with Gasteiger partial charge in [-0.3, -0.25) is 0 Å². The van der Waals surface area contributed by atoms with Gasteiger partial charge >= 0.3 is 6.03 Å². The minimum atomic E-state index is -0.0919. The summed E-state index contributed by atoms with van der Waals surface area (Å²) in [5.41, 5.74) is 2.47. The Morgan fingerprint density at radius 3 is 2.83 bits per heavy atom. The zero-order chi connectivity index (χ0) is 16.2. The Labute approximate surface area is 134 Å². The molecule has 7 nitrogen and oxygen atoms in total. The Morgan fingerprint density at radius 1 is 1.39 bits per heavy atom. The second-order valence-corrected chi connectivity index (χ2v) is 5.58. The molecule has 7 heteroatoms. The van der Waals surface area contributed by atoms with E-state index in [4.69, 9.17) is 4.74 Å². The van der Waals surface area contributed by atoms with Crippen LogP contribution >= 0.6 is 0 Å². The van der Waals surface area contributed by atoms with Crippen molar-refractivity contribution in [3.63, 3.8) is 0 Å². The van der Waals surface area contributed by atoms with Gasteiger partial charge in [0.15, 0.2) is 0 Å². The van der Waals surface area contributed by atoms with Crippen LogP contribution < -0.4 is 10.1 Å². The average Bonchev–Trinajstić information content (AvgIpc) is 3.22. The van der Waals surface area contributed by atoms with Gasteiger partial charge in [0.25, 0.3) is 0 Å². The molecule has 1 atom stereocenters. The number of ether oxygens (including phenoxy) is 1. The van der Waals surface area contributed by atoms with Gasteiger partial charge in [-0.1, -0.05) is 22.4 Å². The highest BCUT2D eigenvalue weighted by molar-refractivity contribution is 5.75. The van der Waals surface area contributed by atoms with Gasteiger partial charge in [-0.25, -0.2) is 9.42 Å². The summed E-state index contributed by atoms with van der Waals surface area (Å²) >= 11 is 0. The van der Waals surface area contributed by atoms with Crippen LogP contribution in [0.25, 0.3) is 0 Å². The lowest BCUT2D eigenvalue weighted by molar-refractivity contribution is 0.192. The zero-order valence-corrected chi connectivity index (χ0v) is 13.3. The second-order valence-electron chi connectivity index (χ2n) is 5.58. The lowest BCUT2D eigenvalue weighted by atomic mass is 10.0. The molecule has 1 aliphatic heterocycles. The van der Waals surface area contributed by atoms with Crippen LogP contribution in [0.1, 0.15) is 35.8 Å². The molecule has 1 aromatic carbocycles. The fourth-order valence-corrected chi connectivity index (χ4v) is 2.85. The minimum absolute atomic E-state index is 0.0919. The molecule has 23 heavy (non-hydrogen) atoms. The Kier molecular flexibility index (Phi) is 4.45. The van der Waals surface area contributed by atoms with Crippen LogP contribution in [0.2, 0.25) is 0 Å². The first-order chi connectivity index (χ1) is 11.2. The summed E-state index contributed by atoms with van der Waals surface area (Å²) in [6.07, 6.45) is 1.96. The molecule has 1 N–H and O–H groups in total. The first-order valence-corrected chi connectivity index (χ1v) is 7.65. The zero-order valence-electron chi connectivity index (χ0n) is 13.3. The van der Waals surface area contributed by atoms with E-state index in [2.05, 4.69) is 20.3 Å². The summed E-state index contributed by atoms with van der Waals surface area (Å²) in [5, 5.41) is 10.4. The van der Waals surface area contributed by atoms with Crippen LogP contribution in [0.3, 0.4) is 0 Å². The van der Waals surface area contributed by atoms with Crippen LogP contribution in [0.15, 0.2) is 28.9 Å². The van der Waals surface area contributed by atoms with Crippen molar-refractivity contribution in [2.75, 3.05) is 13.7 Å². The van der Waals surface area contributed by atoms with E-state index in [1.165, 1.54) is 0 Å². The molecule has 0 aliphatic carbocycles. The minimum Gasteiger partial charge on any atom is -0.497 e. The maximum Gasteiger partial charge on any atom is 0.318 e. The highest BCUT2D eigenvalue weighted by atomic mass is 16.6. The first kappa shape index (κ1) is 15.3. The molecule has 2 amide bonds. The molecule has 0 bridgehead atoms. The Balaban J connectivity index is 1.65. The van der Waals surface area contributed by atoms with Crippen LogP contribution in [0.4, 0.5) is 4.79 Å². The maximum atomic E-state index is 12.5. The van der Waals surface area contributed by atoms with Crippen LogP contribution in [0, 0.1) is 6.92 Å². The number of benzene rings is 1. The third-order valence-electron chi connectivity index (χ3n) is 4.17. The predicted molar refractivity (Wildman–Crippen MR) is 82.9 cm³/mol. The summed E-state index contributed by atoms with van der Waals surface area (Å²) in [7, 11) is 1.64. The summed E-state index contributed by atoms with van der Waals surface area (Å²) in [4.78, 5) is 14.3. The SMILES string of the molecule is COc1ccc(C2CCCN2C(=O)NCc2nonc2C)cc1. The fraction of sp³-hybridized carbons (Fsp3) is 0.438. The average molecular weight is 316 g/mol. The lowest BCUT2D eigenvalue weighted by Gasteiger charge is -2.25. The largest absolute Gasteiger partial charge is 0.497 e. The highest BCUT2D eigenvalue weighted by Gasteiger charge is 2.30. The summed E-state index contributed by atoms with van der Waals surface area (Å²) in [6, 6.07) is 7.88. The van der Waals surface area contributed by atoms with Crippen LogP contribution in [0.5, 0.6) is 5.75 Å². The number of rotatable bonds is 4. The number of carbonyl (C=O) groups excluding carboxylic acids is 1. The van der Waals surface area contributed by atoms with E-state index in [-0.39, 0.29) is 12.1 Å². The normalized spacial score (nSPS) is 17.3. The molecule has 1 saturated heterocycles. The van der Waals surface area contributed by atoms with E-state index >= 15 is 0 Å². The van der Waals surface area contributed by atoms with E-state index in [1.807, 2.05) is 29.2 Å². The van der Waals surface area contributed by atoms with Crippen LogP contribution in [-0.2, 0) is 6.54 Å². The molecule has 3 rings (SSSR count).